The fourth-order valence-electron chi connectivity index (χ4n) is 2.32. The maximum absolute atomic E-state index is 9.95. The molecule has 116 valence electrons. The highest BCUT2D eigenvalue weighted by molar-refractivity contribution is 14.1. The number of aliphatic hydroxyl groups is 1. The predicted molar refractivity (Wildman–Crippen MR) is 85.9 cm³/mol. The summed E-state index contributed by atoms with van der Waals surface area (Å²) in [5.74, 6) is 1.53. The lowest BCUT2D eigenvalue weighted by molar-refractivity contribution is -0.184. The molecule has 2 aliphatic rings. The molecule has 21 heavy (non-hydrogen) atoms. The molecule has 2 saturated heterocycles. The van der Waals surface area contributed by atoms with Crippen LogP contribution in [-0.4, -0.2) is 61.8 Å². The highest BCUT2D eigenvalue weighted by Crippen LogP contribution is 2.24. The third-order valence-electron chi connectivity index (χ3n) is 3.65. The van der Waals surface area contributed by atoms with Crippen LogP contribution >= 0.6 is 22.6 Å². The Bertz CT molecular complexity index is 490. The third kappa shape index (κ3) is 3.97. The normalized spacial score (nSPS) is 21.0. The molecular formula is C14H19IN2O4. The predicted octanol–water partition coefficient (Wildman–Crippen LogP) is 1.05. The van der Waals surface area contributed by atoms with Crippen LogP contribution in [0.4, 0.5) is 5.82 Å². The maximum Gasteiger partial charge on any atom is 0.216 e. The van der Waals surface area contributed by atoms with E-state index in [9.17, 15) is 5.11 Å². The lowest BCUT2D eigenvalue weighted by Crippen LogP contribution is -2.50. The molecule has 3 heterocycles. The van der Waals surface area contributed by atoms with Gasteiger partial charge in [0.2, 0.25) is 5.88 Å². The van der Waals surface area contributed by atoms with Gasteiger partial charge in [-0.3, -0.25) is 0 Å². The molecule has 0 amide bonds. The summed E-state index contributed by atoms with van der Waals surface area (Å²) in [6, 6.07) is 3.96. The van der Waals surface area contributed by atoms with Gasteiger partial charge in [-0.05, 0) is 28.7 Å². The van der Waals surface area contributed by atoms with Crippen LogP contribution in [-0.2, 0) is 9.47 Å². The van der Waals surface area contributed by atoms with Crippen LogP contribution in [0.2, 0.25) is 0 Å². The van der Waals surface area contributed by atoms with Crippen molar-refractivity contribution in [2.24, 2.45) is 0 Å². The molecule has 0 radical (unpaired) electrons. The molecule has 1 aromatic rings. The summed E-state index contributed by atoms with van der Waals surface area (Å²) in [5, 5.41) is 9.95. The van der Waals surface area contributed by atoms with Gasteiger partial charge in [0.05, 0.1) is 33.0 Å². The molecule has 7 heteroatoms. The van der Waals surface area contributed by atoms with Gasteiger partial charge in [-0.1, -0.05) is 0 Å². The molecule has 1 aromatic heterocycles. The largest absolute Gasteiger partial charge is 0.477 e. The van der Waals surface area contributed by atoms with Crippen molar-refractivity contribution in [1.82, 2.24) is 4.98 Å². The summed E-state index contributed by atoms with van der Waals surface area (Å²) in [6.07, 6.45) is 0.563. The molecule has 2 fully saturated rings. The van der Waals surface area contributed by atoms with E-state index in [2.05, 4.69) is 32.5 Å². The van der Waals surface area contributed by atoms with E-state index in [1.165, 1.54) is 0 Å². The second-order valence-electron chi connectivity index (χ2n) is 5.40. The first-order valence-electron chi connectivity index (χ1n) is 7.08. The number of hydrogen-bond acceptors (Lipinski definition) is 6. The van der Waals surface area contributed by atoms with Gasteiger partial charge in [-0.25, -0.2) is 0 Å². The number of hydrogen-bond donors (Lipinski definition) is 1. The number of ether oxygens (including phenoxy) is 3. The number of pyridine rings is 1. The number of anilines is 1. The molecule has 6 nitrogen and oxygen atoms in total. The average molecular weight is 406 g/mol. The minimum absolute atomic E-state index is 0.398. The fourth-order valence-corrected chi connectivity index (χ4v) is 2.86. The van der Waals surface area contributed by atoms with Crippen molar-refractivity contribution < 1.29 is 19.3 Å². The number of nitrogens with zero attached hydrogens (tertiary/aromatic N) is 2. The molecule has 0 spiro atoms. The van der Waals surface area contributed by atoms with Crippen LogP contribution in [0.15, 0.2) is 12.1 Å². The Balaban J connectivity index is 1.60. The van der Waals surface area contributed by atoms with Crippen molar-refractivity contribution in [3.05, 3.63) is 15.7 Å². The zero-order chi connectivity index (χ0) is 14.7. The molecule has 2 aliphatic heterocycles. The second-order valence-corrected chi connectivity index (χ2v) is 6.64. The molecule has 0 saturated carbocycles. The van der Waals surface area contributed by atoms with Crippen LogP contribution in [0.25, 0.3) is 0 Å². The van der Waals surface area contributed by atoms with Crippen LogP contribution in [0.5, 0.6) is 5.88 Å². The standard InChI is InChI=1S/C14H19IN2O4/c15-11-7-12(17-2-5-19-6-3-17)16-13(8-11)21-4-1-14(18)9-20-10-14/h7-8,18H,1-6,9-10H2. The first-order valence-corrected chi connectivity index (χ1v) is 8.16. The summed E-state index contributed by atoms with van der Waals surface area (Å²) >= 11 is 2.27. The Hall–Kier alpha value is -0.640. The van der Waals surface area contributed by atoms with Crippen molar-refractivity contribution in [3.8, 4) is 5.88 Å². The van der Waals surface area contributed by atoms with E-state index < -0.39 is 5.60 Å². The smallest absolute Gasteiger partial charge is 0.216 e. The molecule has 3 rings (SSSR count). The van der Waals surface area contributed by atoms with Gasteiger partial charge in [0.25, 0.3) is 0 Å². The lowest BCUT2D eigenvalue weighted by atomic mass is 9.99. The van der Waals surface area contributed by atoms with E-state index in [0.29, 0.717) is 32.1 Å². The van der Waals surface area contributed by atoms with Gasteiger partial charge in [-0.2, -0.15) is 4.98 Å². The molecule has 0 atom stereocenters. The van der Waals surface area contributed by atoms with E-state index >= 15 is 0 Å². The molecule has 0 unspecified atom stereocenters. The Morgan fingerprint density at radius 3 is 2.71 bits per heavy atom. The summed E-state index contributed by atoms with van der Waals surface area (Å²) in [7, 11) is 0. The van der Waals surface area contributed by atoms with Crippen molar-refractivity contribution in [2.75, 3.05) is 51.0 Å². The highest BCUT2D eigenvalue weighted by Gasteiger charge is 2.35. The number of morpholine rings is 1. The van der Waals surface area contributed by atoms with Gasteiger partial charge < -0.3 is 24.2 Å². The minimum Gasteiger partial charge on any atom is -0.477 e. The van der Waals surface area contributed by atoms with Crippen LogP contribution in [0, 0.1) is 3.57 Å². The summed E-state index contributed by atoms with van der Waals surface area (Å²) in [5.41, 5.74) is -0.713. The Morgan fingerprint density at radius 1 is 1.29 bits per heavy atom. The second kappa shape index (κ2) is 6.64. The number of rotatable bonds is 5. The Morgan fingerprint density at radius 2 is 2.05 bits per heavy atom. The quantitative estimate of drug-likeness (QED) is 0.738. The van der Waals surface area contributed by atoms with Gasteiger partial charge in [0, 0.05) is 29.1 Å². The Kier molecular flexibility index (Phi) is 4.82. The first-order chi connectivity index (χ1) is 10.1. The minimum atomic E-state index is -0.713. The van der Waals surface area contributed by atoms with E-state index in [4.69, 9.17) is 14.2 Å². The van der Waals surface area contributed by atoms with Gasteiger partial charge >= 0.3 is 0 Å². The molecule has 1 N–H and O–H groups in total. The summed E-state index contributed by atoms with van der Waals surface area (Å²) < 4.78 is 17.2. The fraction of sp³-hybridized carbons (Fsp3) is 0.643. The SMILES string of the molecule is OC1(CCOc2cc(I)cc(N3CCOCC3)n2)COC1. The van der Waals surface area contributed by atoms with E-state index in [-0.39, 0.29) is 0 Å². The van der Waals surface area contributed by atoms with E-state index in [1.54, 1.807) is 0 Å². The molecule has 0 bridgehead atoms. The van der Waals surface area contributed by atoms with Gasteiger partial charge in [0.1, 0.15) is 11.4 Å². The van der Waals surface area contributed by atoms with E-state index in [0.717, 1.165) is 35.7 Å². The van der Waals surface area contributed by atoms with Crippen molar-refractivity contribution in [1.29, 1.82) is 0 Å². The maximum atomic E-state index is 9.95. The van der Waals surface area contributed by atoms with Crippen molar-refractivity contribution >= 4 is 28.4 Å². The number of halogens is 1. The third-order valence-corrected chi connectivity index (χ3v) is 4.27. The average Bonchev–Trinajstić information content (AvgIpc) is 2.46. The molecule has 0 aromatic carbocycles. The topological polar surface area (TPSA) is 64.1 Å². The van der Waals surface area contributed by atoms with Crippen LogP contribution < -0.4 is 9.64 Å². The van der Waals surface area contributed by atoms with Crippen molar-refractivity contribution in [3.63, 3.8) is 0 Å². The lowest BCUT2D eigenvalue weighted by Gasteiger charge is -2.36. The van der Waals surface area contributed by atoms with Crippen molar-refractivity contribution in [2.45, 2.75) is 12.0 Å². The van der Waals surface area contributed by atoms with Crippen LogP contribution in [0.1, 0.15) is 6.42 Å². The van der Waals surface area contributed by atoms with Gasteiger partial charge in [0.15, 0.2) is 0 Å². The Labute approximate surface area is 137 Å². The van der Waals surface area contributed by atoms with Crippen LogP contribution in [0.3, 0.4) is 0 Å². The van der Waals surface area contributed by atoms with Gasteiger partial charge in [-0.15, -0.1) is 0 Å². The molecule has 0 aliphatic carbocycles. The van der Waals surface area contributed by atoms with E-state index in [1.807, 2.05) is 12.1 Å². The summed E-state index contributed by atoms with van der Waals surface area (Å²) in [6.45, 7) is 4.40. The summed E-state index contributed by atoms with van der Waals surface area (Å²) in [4.78, 5) is 6.75. The monoisotopic (exact) mass is 406 g/mol. The molecular weight excluding hydrogens is 387 g/mol. The highest BCUT2D eigenvalue weighted by atomic mass is 127. The zero-order valence-electron chi connectivity index (χ0n) is 11.8. The first kappa shape index (κ1) is 15.3. The number of aromatic nitrogens is 1. The zero-order valence-corrected chi connectivity index (χ0v) is 13.9.